The lowest BCUT2D eigenvalue weighted by Crippen LogP contribution is -2.44. The zero-order chi connectivity index (χ0) is 16.8. The third-order valence-corrected chi connectivity index (χ3v) is 4.01. The van der Waals surface area contributed by atoms with Crippen molar-refractivity contribution in [2.24, 2.45) is 0 Å². The van der Waals surface area contributed by atoms with E-state index >= 15 is 0 Å². The Hall–Kier alpha value is -2.11. The first kappa shape index (κ1) is 16.7. The first-order valence-corrected chi connectivity index (χ1v) is 8.08. The zero-order valence-electron chi connectivity index (χ0n) is 13.8. The molecule has 0 bridgehead atoms. The highest BCUT2D eigenvalue weighted by molar-refractivity contribution is 5.31. The Morgan fingerprint density at radius 1 is 1.17 bits per heavy atom. The van der Waals surface area contributed by atoms with Crippen LogP contribution in [0.25, 0.3) is 0 Å². The summed E-state index contributed by atoms with van der Waals surface area (Å²) in [6.07, 6.45) is 0.00871. The van der Waals surface area contributed by atoms with Gasteiger partial charge in [0.15, 0.2) is 0 Å². The third-order valence-electron chi connectivity index (χ3n) is 4.01. The van der Waals surface area contributed by atoms with Gasteiger partial charge in [0.25, 0.3) is 0 Å². The van der Waals surface area contributed by atoms with Gasteiger partial charge < -0.3 is 14.2 Å². The molecule has 2 aromatic carbocycles. The molecule has 0 N–H and O–H groups in total. The van der Waals surface area contributed by atoms with Gasteiger partial charge in [-0.05, 0) is 42.0 Å². The predicted molar refractivity (Wildman–Crippen MR) is 89.9 cm³/mol. The number of hydrogen-bond acceptors (Lipinski definition) is 4. The molecule has 24 heavy (non-hydrogen) atoms. The molecular formula is C19H22FNO3. The highest BCUT2D eigenvalue weighted by Gasteiger charge is 2.21. The number of halogens is 1. The van der Waals surface area contributed by atoms with Crippen LogP contribution in [0.5, 0.6) is 11.5 Å². The average molecular weight is 331 g/mol. The van der Waals surface area contributed by atoms with E-state index in [1.807, 2.05) is 30.3 Å². The fourth-order valence-electron chi connectivity index (χ4n) is 2.78. The topological polar surface area (TPSA) is 30.9 Å². The lowest BCUT2D eigenvalue weighted by atomic mass is 10.2. The Balaban J connectivity index is 1.49. The van der Waals surface area contributed by atoms with Gasteiger partial charge in [0.1, 0.15) is 30.0 Å². The summed E-state index contributed by atoms with van der Waals surface area (Å²) in [6, 6.07) is 14.2. The maximum atomic E-state index is 13.3. The van der Waals surface area contributed by atoms with Crippen LogP contribution in [0.3, 0.4) is 0 Å². The summed E-state index contributed by atoms with van der Waals surface area (Å²) < 4.78 is 30.0. The zero-order valence-corrected chi connectivity index (χ0v) is 13.8. The standard InChI is InChI=1S/C19H22FNO3/c1-22-17-5-7-18(8-6-17)24-14-19-13-21(9-10-23-19)12-15-3-2-4-16(20)11-15/h2-8,11,19H,9-10,12-14H2,1H3. The van der Waals surface area contributed by atoms with Crippen LogP contribution in [-0.4, -0.2) is 44.4 Å². The summed E-state index contributed by atoms with van der Waals surface area (Å²) in [5, 5.41) is 0. The summed E-state index contributed by atoms with van der Waals surface area (Å²) in [4.78, 5) is 2.26. The molecule has 128 valence electrons. The molecule has 0 saturated carbocycles. The van der Waals surface area contributed by atoms with Gasteiger partial charge in [-0.1, -0.05) is 12.1 Å². The van der Waals surface area contributed by atoms with Crippen LogP contribution in [0.1, 0.15) is 5.56 Å². The summed E-state index contributed by atoms with van der Waals surface area (Å²) in [6.45, 7) is 3.49. The van der Waals surface area contributed by atoms with Crippen molar-refractivity contribution in [3.05, 3.63) is 59.9 Å². The molecule has 0 spiro atoms. The number of nitrogens with zero attached hydrogens (tertiary/aromatic N) is 1. The molecule has 2 aromatic rings. The Bertz CT molecular complexity index is 647. The normalized spacial score (nSPS) is 18.3. The largest absolute Gasteiger partial charge is 0.497 e. The van der Waals surface area contributed by atoms with Crippen LogP contribution in [0.15, 0.2) is 48.5 Å². The highest BCUT2D eigenvalue weighted by atomic mass is 19.1. The summed E-state index contributed by atoms with van der Waals surface area (Å²) in [5.74, 6) is 1.40. The highest BCUT2D eigenvalue weighted by Crippen LogP contribution is 2.18. The predicted octanol–water partition coefficient (Wildman–Crippen LogP) is 3.11. The second-order valence-electron chi connectivity index (χ2n) is 5.84. The summed E-state index contributed by atoms with van der Waals surface area (Å²) in [5.41, 5.74) is 0.978. The molecule has 1 atom stereocenters. The number of rotatable bonds is 6. The number of hydrogen-bond donors (Lipinski definition) is 0. The van der Waals surface area contributed by atoms with E-state index in [2.05, 4.69) is 4.90 Å². The second-order valence-corrected chi connectivity index (χ2v) is 5.84. The van der Waals surface area contributed by atoms with Crippen molar-refractivity contribution >= 4 is 0 Å². The summed E-state index contributed by atoms with van der Waals surface area (Å²) in [7, 11) is 1.64. The molecule has 4 nitrogen and oxygen atoms in total. The van der Waals surface area contributed by atoms with E-state index in [1.54, 1.807) is 19.2 Å². The van der Waals surface area contributed by atoms with Crippen molar-refractivity contribution < 1.29 is 18.6 Å². The van der Waals surface area contributed by atoms with Crippen molar-refractivity contribution in [2.75, 3.05) is 33.4 Å². The van der Waals surface area contributed by atoms with Crippen molar-refractivity contribution in [1.29, 1.82) is 0 Å². The third kappa shape index (κ3) is 4.69. The minimum atomic E-state index is -0.194. The van der Waals surface area contributed by atoms with Crippen molar-refractivity contribution in [1.82, 2.24) is 4.90 Å². The summed E-state index contributed by atoms with van der Waals surface area (Å²) >= 11 is 0. The quantitative estimate of drug-likeness (QED) is 0.814. The van der Waals surface area contributed by atoms with Crippen molar-refractivity contribution in [2.45, 2.75) is 12.6 Å². The Morgan fingerprint density at radius 3 is 2.71 bits per heavy atom. The SMILES string of the molecule is COc1ccc(OCC2CN(Cc3cccc(F)c3)CCO2)cc1. The molecule has 1 aliphatic rings. The second kappa shape index (κ2) is 8.13. The fourth-order valence-corrected chi connectivity index (χ4v) is 2.78. The first-order valence-electron chi connectivity index (χ1n) is 8.08. The number of ether oxygens (including phenoxy) is 3. The van der Waals surface area contributed by atoms with Gasteiger partial charge in [-0.25, -0.2) is 4.39 Å². The molecular weight excluding hydrogens is 309 g/mol. The van der Waals surface area contributed by atoms with Crippen molar-refractivity contribution in [3.63, 3.8) is 0 Å². The smallest absolute Gasteiger partial charge is 0.123 e. The Labute approximate surface area is 141 Å². The minimum absolute atomic E-state index is 0.00871. The molecule has 0 aliphatic carbocycles. The molecule has 1 unspecified atom stereocenters. The van der Waals surface area contributed by atoms with Gasteiger partial charge >= 0.3 is 0 Å². The van der Waals surface area contributed by atoms with Crippen LogP contribution in [0.4, 0.5) is 4.39 Å². The van der Waals surface area contributed by atoms with Gasteiger partial charge in [0.05, 0.1) is 13.7 Å². The van der Waals surface area contributed by atoms with Gasteiger partial charge in [0.2, 0.25) is 0 Å². The monoisotopic (exact) mass is 331 g/mol. The minimum Gasteiger partial charge on any atom is -0.497 e. The van der Waals surface area contributed by atoms with Crippen molar-refractivity contribution in [3.8, 4) is 11.5 Å². The van der Waals surface area contributed by atoms with E-state index in [9.17, 15) is 4.39 Å². The van der Waals surface area contributed by atoms with Crippen LogP contribution >= 0.6 is 0 Å². The van der Waals surface area contributed by atoms with Gasteiger partial charge in [-0.3, -0.25) is 4.90 Å². The van der Waals surface area contributed by atoms with E-state index in [1.165, 1.54) is 6.07 Å². The fraction of sp³-hybridized carbons (Fsp3) is 0.368. The molecule has 3 rings (SSSR count). The molecule has 0 amide bonds. The molecule has 1 heterocycles. The van der Waals surface area contributed by atoms with Gasteiger partial charge in [-0.15, -0.1) is 0 Å². The first-order chi connectivity index (χ1) is 11.7. The van der Waals surface area contributed by atoms with Crippen LogP contribution in [-0.2, 0) is 11.3 Å². The number of methoxy groups -OCH3 is 1. The van der Waals surface area contributed by atoms with E-state index < -0.39 is 0 Å². The maximum Gasteiger partial charge on any atom is 0.123 e. The van der Waals surface area contributed by atoms with E-state index in [-0.39, 0.29) is 11.9 Å². The van der Waals surface area contributed by atoms with Gasteiger partial charge in [-0.2, -0.15) is 0 Å². The van der Waals surface area contributed by atoms with E-state index in [0.717, 1.165) is 36.7 Å². The van der Waals surface area contributed by atoms with Gasteiger partial charge in [0, 0.05) is 19.6 Å². The molecule has 0 aromatic heterocycles. The van der Waals surface area contributed by atoms with Crippen LogP contribution < -0.4 is 9.47 Å². The maximum absolute atomic E-state index is 13.3. The van der Waals surface area contributed by atoms with E-state index in [4.69, 9.17) is 14.2 Å². The average Bonchev–Trinajstić information content (AvgIpc) is 2.61. The molecule has 1 saturated heterocycles. The molecule has 0 radical (unpaired) electrons. The molecule has 5 heteroatoms. The van der Waals surface area contributed by atoms with Crippen LogP contribution in [0, 0.1) is 5.82 Å². The van der Waals surface area contributed by atoms with Crippen LogP contribution in [0.2, 0.25) is 0 Å². The molecule has 1 fully saturated rings. The lowest BCUT2D eigenvalue weighted by molar-refractivity contribution is -0.0504. The Morgan fingerprint density at radius 2 is 1.96 bits per heavy atom. The lowest BCUT2D eigenvalue weighted by Gasteiger charge is -2.32. The Kier molecular flexibility index (Phi) is 5.67. The molecule has 1 aliphatic heterocycles. The van der Waals surface area contributed by atoms with E-state index in [0.29, 0.717) is 13.2 Å². The number of benzene rings is 2. The number of morpholine rings is 1.